The first kappa shape index (κ1) is 19.1. The van der Waals surface area contributed by atoms with E-state index in [4.69, 9.17) is 0 Å². The third-order valence-corrected chi connectivity index (χ3v) is 4.67. The molecule has 6 nitrogen and oxygen atoms in total. The standard InChI is InChI=1S/C18H24N4O2S/c1-13(25-17-8-6-16(7-9-17)21-14(2)23)18(24)19-10-4-5-15-11-20-22(3)12-15/h6-9,11-13H,4-5,10H2,1-3H3,(H,19,24)(H,21,23). The number of benzene rings is 1. The van der Waals surface area contributed by atoms with Crippen molar-refractivity contribution < 1.29 is 9.59 Å². The number of aryl methyl sites for hydroxylation is 2. The van der Waals surface area contributed by atoms with E-state index in [0.717, 1.165) is 23.4 Å². The van der Waals surface area contributed by atoms with Crippen molar-refractivity contribution >= 4 is 29.3 Å². The summed E-state index contributed by atoms with van der Waals surface area (Å²) in [5.74, 6) is -0.0680. The van der Waals surface area contributed by atoms with Crippen LogP contribution in [0, 0.1) is 0 Å². The molecule has 134 valence electrons. The second-order valence-corrected chi connectivity index (χ2v) is 7.30. The normalized spacial score (nSPS) is 11.8. The lowest BCUT2D eigenvalue weighted by Gasteiger charge is -2.12. The second-order valence-electron chi connectivity index (χ2n) is 5.88. The minimum Gasteiger partial charge on any atom is -0.355 e. The molecule has 1 unspecified atom stereocenters. The number of rotatable bonds is 8. The first-order valence-electron chi connectivity index (χ1n) is 8.23. The van der Waals surface area contributed by atoms with Gasteiger partial charge < -0.3 is 10.6 Å². The molecule has 7 heteroatoms. The van der Waals surface area contributed by atoms with Gasteiger partial charge in [-0.1, -0.05) is 0 Å². The van der Waals surface area contributed by atoms with Gasteiger partial charge in [0.05, 0.1) is 11.4 Å². The largest absolute Gasteiger partial charge is 0.355 e. The van der Waals surface area contributed by atoms with Crippen molar-refractivity contribution in [1.29, 1.82) is 0 Å². The third kappa shape index (κ3) is 6.62. The number of nitrogens with zero attached hydrogens (tertiary/aromatic N) is 2. The van der Waals surface area contributed by atoms with E-state index in [1.807, 2.05) is 50.6 Å². The van der Waals surface area contributed by atoms with Gasteiger partial charge in [0.15, 0.2) is 0 Å². The molecule has 0 saturated carbocycles. The van der Waals surface area contributed by atoms with Crippen molar-refractivity contribution in [3.05, 3.63) is 42.2 Å². The van der Waals surface area contributed by atoms with E-state index in [9.17, 15) is 9.59 Å². The van der Waals surface area contributed by atoms with Crippen LogP contribution in [0.1, 0.15) is 25.8 Å². The van der Waals surface area contributed by atoms with Gasteiger partial charge in [-0.25, -0.2) is 0 Å². The lowest BCUT2D eigenvalue weighted by molar-refractivity contribution is -0.120. The topological polar surface area (TPSA) is 76.0 Å². The summed E-state index contributed by atoms with van der Waals surface area (Å²) in [5.41, 5.74) is 1.93. The van der Waals surface area contributed by atoms with Gasteiger partial charge in [-0.2, -0.15) is 5.10 Å². The number of nitrogens with one attached hydrogen (secondary N) is 2. The van der Waals surface area contributed by atoms with Crippen molar-refractivity contribution in [2.45, 2.75) is 36.8 Å². The Morgan fingerprint density at radius 3 is 2.60 bits per heavy atom. The highest BCUT2D eigenvalue weighted by molar-refractivity contribution is 8.00. The predicted octanol–water partition coefficient (Wildman–Crippen LogP) is 2.61. The molecule has 0 aliphatic heterocycles. The van der Waals surface area contributed by atoms with Crippen LogP contribution in [0.3, 0.4) is 0 Å². The summed E-state index contributed by atoms with van der Waals surface area (Å²) in [7, 11) is 1.90. The maximum atomic E-state index is 12.2. The van der Waals surface area contributed by atoms with Crippen LogP contribution in [0.2, 0.25) is 0 Å². The molecule has 2 amide bonds. The average molecular weight is 360 g/mol. The number of hydrogen-bond donors (Lipinski definition) is 2. The minimum atomic E-state index is -0.176. The van der Waals surface area contributed by atoms with Gasteiger partial charge >= 0.3 is 0 Å². The first-order chi connectivity index (χ1) is 11.9. The van der Waals surface area contributed by atoms with Gasteiger partial charge in [0, 0.05) is 37.3 Å². The Balaban J connectivity index is 1.71. The zero-order valence-electron chi connectivity index (χ0n) is 14.8. The van der Waals surface area contributed by atoms with Crippen LogP contribution in [-0.4, -0.2) is 33.4 Å². The van der Waals surface area contributed by atoms with E-state index in [2.05, 4.69) is 15.7 Å². The van der Waals surface area contributed by atoms with Crippen LogP contribution in [0.25, 0.3) is 0 Å². The fourth-order valence-electron chi connectivity index (χ4n) is 2.33. The molecule has 2 N–H and O–H groups in total. The van der Waals surface area contributed by atoms with Crippen molar-refractivity contribution in [3.63, 3.8) is 0 Å². The Hall–Kier alpha value is -2.28. The van der Waals surface area contributed by atoms with Crippen molar-refractivity contribution in [2.24, 2.45) is 7.05 Å². The molecule has 1 atom stereocenters. The summed E-state index contributed by atoms with van der Waals surface area (Å²) in [6, 6.07) is 7.48. The quantitative estimate of drug-likeness (QED) is 0.560. The maximum absolute atomic E-state index is 12.2. The smallest absolute Gasteiger partial charge is 0.233 e. The molecule has 25 heavy (non-hydrogen) atoms. The first-order valence-corrected chi connectivity index (χ1v) is 9.11. The molecular weight excluding hydrogens is 336 g/mol. The highest BCUT2D eigenvalue weighted by Gasteiger charge is 2.13. The lowest BCUT2D eigenvalue weighted by atomic mass is 10.2. The number of aromatic nitrogens is 2. The number of carbonyl (C=O) groups is 2. The van der Waals surface area contributed by atoms with E-state index >= 15 is 0 Å². The number of amides is 2. The van der Waals surface area contributed by atoms with E-state index < -0.39 is 0 Å². The molecule has 0 fully saturated rings. The summed E-state index contributed by atoms with van der Waals surface area (Å²) < 4.78 is 1.78. The van der Waals surface area contributed by atoms with Crippen LogP contribution >= 0.6 is 11.8 Å². The Morgan fingerprint density at radius 1 is 1.28 bits per heavy atom. The van der Waals surface area contributed by atoms with Crippen LogP contribution in [0.15, 0.2) is 41.6 Å². The summed E-state index contributed by atoms with van der Waals surface area (Å²) in [5, 5.41) is 9.65. The predicted molar refractivity (Wildman–Crippen MR) is 101 cm³/mol. The number of thioether (sulfide) groups is 1. The molecule has 1 heterocycles. The molecule has 0 radical (unpaired) electrons. The zero-order valence-corrected chi connectivity index (χ0v) is 15.6. The third-order valence-electron chi connectivity index (χ3n) is 3.56. The Morgan fingerprint density at radius 2 is 2.00 bits per heavy atom. The lowest BCUT2D eigenvalue weighted by Crippen LogP contribution is -2.31. The highest BCUT2D eigenvalue weighted by atomic mass is 32.2. The molecule has 0 saturated heterocycles. The molecule has 0 aliphatic carbocycles. The summed E-state index contributed by atoms with van der Waals surface area (Å²) >= 11 is 1.50. The SMILES string of the molecule is CC(=O)Nc1ccc(SC(C)C(=O)NCCCc2cnn(C)c2)cc1. The second kappa shape index (κ2) is 9.27. The number of hydrogen-bond acceptors (Lipinski definition) is 4. The van der Waals surface area contributed by atoms with E-state index in [0.29, 0.717) is 6.54 Å². The Bertz CT molecular complexity index is 712. The fraction of sp³-hybridized carbons (Fsp3) is 0.389. The molecular formula is C18H24N4O2S. The monoisotopic (exact) mass is 360 g/mol. The molecule has 0 bridgehead atoms. The van der Waals surface area contributed by atoms with Gasteiger partial charge in [-0.05, 0) is 49.6 Å². The van der Waals surface area contributed by atoms with Gasteiger partial charge in [0.2, 0.25) is 11.8 Å². The van der Waals surface area contributed by atoms with Gasteiger partial charge in [0.25, 0.3) is 0 Å². The molecule has 1 aromatic carbocycles. The molecule has 0 spiro atoms. The summed E-state index contributed by atoms with van der Waals surface area (Å²) in [6.45, 7) is 4.02. The summed E-state index contributed by atoms with van der Waals surface area (Å²) in [4.78, 5) is 24.2. The van der Waals surface area contributed by atoms with E-state index in [-0.39, 0.29) is 17.1 Å². The van der Waals surface area contributed by atoms with E-state index in [1.54, 1.807) is 4.68 Å². The van der Waals surface area contributed by atoms with Crippen LogP contribution < -0.4 is 10.6 Å². The minimum absolute atomic E-state index is 0.0297. The Labute approximate surface area is 152 Å². The molecule has 2 aromatic rings. The maximum Gasteiger partial charge on any atom is 0.233 e. The fourth-order valence-corrected chi connectivity index (χ4v) is 3.22. The Kier molecular flexibility index (Phi) is 7.06. The molecule has 0 aliphatic rings. The highest BCUT2D eigenvalue weighted by Crippen LogP contribution is 2.24. The average Bonchev–Trinajstić information content (AvgIpc) is 2.98. The van der Waals surface area contributed by atoms with E-state index in [1.165, 1.54) is 24.2 Å². The van der Waals surface area contributed by atoms with Gasteiger partial charge in [-0.15, -0.1) is 11.8 Å². The summed E-state index contributed by atoms with van der Waals surface area (Å²) in [6.07, 6.45) is 5.64. The molecule has 1 aromatic heterocycles. The van der Waals surface area contributed by atoms with Crippen LogP contribution in [0.5, 0.6) is 0 Å². The molecule has 2 rings (SSSR count). The van der Waals surface area contributed by atoms with Crippen molar-refractivity contribution in [1.82, 2.24) is 15.1 Å². The van der Waals surface area contributed by atoms with Crippen LogP contribution in [0.4, 0.5) is 5.69 Å². The number of carbonyl (C=O) groups excluding carboxylic acids is 2. The van der Waals surface area contributed by atoms with Crippen LogP contribution in [-0.2, 0) is 23.1 Å². The van der Waals surface area contributed by atoms with Gasteiger partial charge in [-0.3, -0.25) is 14.3 Å². The van der Waals surface area contributed by atoms with Gasteiger partial charge in [0.1, 0.15) is 0 Å². The van der Waals surface area contributed by atoms with Crippen molar-refractivity contribution in [2.75, 3.05) is 11.9 Å². The van der Waals surface area contributed by atoms with Crippen molar-refractivity contribution in [3.8, 4) is 0 Å². The zero-order chi connectivity index (χ0) is 18.2. The number of anilines is 1.